The number of aromatic nitrogens is 3. The van der Waals surface area contributed by atoms with Gasteiger partial charge >= 0.3 is 5.97 Å². The SMILES string of the molecule is NSc1nnc(NC(=O)CN2CCN(CC3CCN(CCOc4ccc(-c5cc6c(C(=O)O)c[nH]c6cc5Cl)cc4)CC3)CC2)s1. The van der Waals surface area contributed by atoms with Gasteiger partial charge in [0.2, 0.25) is 11.0 Å². The second-order valence-corrected chi connectivity index (χ2v) is 13.9. The van der Waals surface area contributed by atoms with Crippen LogP contribution >= 0.6 is 34.9 Å². The maximum atomic E-state index is 12.4. The van der Waals surface area contributed by atoms with Crippen molar-refractivity contribution in [3.63, 3.8) is 0 Å². The average molecular weight is 685 g/mol. The van der Waals surface area contributed by atoms with Crippen molar-refractivity contribution >= 4 is 62.8 Å². The number of carbonyl (C=O) groups excluding carboxylic acids is 1. The molecule has 2 aliphatic heterocycles. The number of hydrogen-bond acceptors (Lipinski definition) is 11. The molecule has 0 saturated carbocycles. The van der Waals surface area contributed by atoms with E-state index in [2.05, 4.69) is 35.2 Å². The summed E-state index contributed by atoms with van der Waals surface area (Å²) in [5.41, 5.74) is 2.60. The molecule has 0 atom stereocenters. The van der Waals surface area contributed by atoms with Crippen molar-refractivity contribution in [2.24, 2.45) is 11.1 Å². The zero-order valence-corrected chi connectivity index (χ0v) is 27.7. The summed E-state index contributed by atoms with van der Waals surface area (Å²) < 4.78 is 6.68. The van der Waals surface area contributed by atoms with Crippen LogP contribution < -0.4 is 15.2 Å². The van der Waals surface area contributed by atoms with Crippen molar-refractivity contribution in [2.75, 3.05) is 70.8 Å². The van der Waals surface area contributed by atoms with Gasteiger partial charge in [-0.2, -0.15) is 0 Å². The van der Waals surface area contributed by atoms with Crippen molar-refractivity contribution in [3.8, 4) is 16.9 Å². The van der Waals surface area contributed by atoms with Crippen LogP contribution in [0, 0.1) is 5.92 Å². The third-order valence-corrected chi connectivity index (χ3v) is 10.4. The quantitative estimate of drug-likeness (QED) is 0.124. The first-order valence-corrected chi connectivity index (χ1v) is 17.4. The Labute approximate surface area is 280 Å². The number of H-pyrrole nitrogens is 1. The van der Waals surface area contributed by atoms with E-state index >= 15 is 0 Å². The molecule has 15 heteroatoms. The predicted molar refractivity (Wildman–Crippen MR) is 182 cm³/mol. The van der Waals surface area contributed by atoms with Gasteiger partial charge in [0.15, 0.2) is 4.34 Å². The van der Waals surface area contributed by atoms with Gasteiger partial charge in [0.25, 0.3) is 0 Å². The summed E-state index contributed by atoms with van der Waals surface area (Å²) in [4.78, 5) is 34.1. The van der Waals surface area contributed by atoms with Gasteiger partial charge in [0.1, 0.15) is 12.4 Å². The van der Waals surface area contributed by atoms with Crippen LogP contribution in [0.25, 0.3) is 22.0 Å². The fourth-order valence-corrected chi connectivity index (χ4v) is 7.41. The van der Waals surface area contributed by atoms with Crippen LogP contribution in [-0.2, 0) is 4.79 Å². The maximum Gasteiger partial charge on any atom is 0.337 e. The molecule has 2 aromatic carbocycles. The summed E-state index contributed by atoms with van der Waals surface area (Å²) in [5, 5.41) is 27.3. The molecule has 0 aliphatic carbocycles. The van der Waals surface area contributed by atoms with Crippen LogP contribution in [0.5, 0.6) is 5.75 Å². The molecule has 1 amide bonds. The molecule has 0 radical (unpaired) electrons. The topological polar surface area (TPSA) is 153 Å². The van der Waals surface area contributed by atoms with Crippen molar-refractivity contribution in [1.82, 2.24) is 29.9 Å². The second-order valence-electron chi connectivity index (χ2n) is 11.7. The van der Waals surface area contributed by atoms with Gasteiger partial charge in [-0.15, -0.1) is 10.2 Å². The molecule has 0 spiro atoms. The lowest BCUT2D eigenvalue weighted by atomic mass is 9.96. The van der Waals surface area contributed by atoms with Crippen molar-refractivity contribution in [3.05, 3.63) is 53.2 Å². The molecule has 4 aromatic rings. The van der Waals surface area contributed by atoms with E-state index in [4.69, 9.17) is 21.5 Å². The highest BCUT2D eigenvalue weighted by Gasteiger charge is 2.25. The zero-order valence-electron chi connectivity index (χ0n) is 25.3. The first-order valence-electron chi connectivity index (χ1n) is 15.3. The Morgan fingerprint density at radius 2 is 1.80 bits per heavy atom. The van der Waals surface area contributed by atoms with Crippen LogP contribution in [0.2, 0.25) is 5.02 Å². The Bertz CT molecular complexity index is 1650. The number of nitrogens with two attached hydrogens (primary N) is 1. The molecule has 2 saturated heterocycles. The number of fused-ring (bicyclic) bond motifs is 1. The van der Waals surface area contributed by atoms with Crippen molar-refractivity contribution in [2.45, 2.75) is 17.2 Å². The second kappa shape index (κ2) is 15.1. The number of piperidine rings is 1. The number of carboxylic acid groups (broad SMARTS) is 1. The minimum Gasteiger partial charge on any atom is -0.492 e. The molecule has 6 rings (SSSR count). The Hall–Kier alpha value is -3.24. The van der Waals surface area contributed by atoms with Crippen molar-refractivity contribution < 1.29 is 19.4 Å². The van der Waals surface area contributed by atoms with Crippen LogP contribution in [0.3, 0.4) is 0 Å². The molecule has 4 heterocycles. The maximum absolute atomic E-state index is 12.4. The van der Waals surface area contributed by atoms with Gasteiger partial charge in [-0.3, -0.25) is 25.1 Å². The molecule has 46 heavy (non-hydrogen) atoms. The Morgan fingerprint density at radius 1 is 1.07 bits per heavy atom. The molecule has 2 fully saturated rings. The highest BCUT2D eigenvalue weighted by atomic mass is 35.5. The first-order chi connectivity index (χ1) is 22.3. The molecule has 5 N–H and O–H groups in total. The van der Waals surface area contributed by atoms with Crippen molar-refractivity contribution in [1.29, 1.82) is 0 Å². The monoisotopic (exact) mass is 684 g/mol. The number of aromatic carboxylic acids is 1. The van der Waals surface area contributed by atoms with E-state index in [0.717, 1.165) is 81.2 Å². The van der Waals surface area contributed by atoms with Gasteiger partial charge in [0.05, 0.1) is 17.1 Å². The highest BCUT2D eigenvalue weighted by Crippen LogP contribution is 2.34. The van der Waals surface area contributed by atoms with Crippen LogP contribution in [0.4, 0.5) is 5.13 Å². The minimum atomic E-state index is -0.977. The van der Waals surface area contributed by atoms with Crippen LogP contribution in [-0.4, -0.2) is 112 Å². The number of hydrogen-bond donors (Lipinski definition) is 4. The first kappa shape index (κ1) is 32.7. The van der Waals surface area contributed by atoms with Crippen LogP contribution in [0.1, 0.15) is 23.2 Å². The summed E-state index contributed by atoms with van der Waals surface area (Å²) >= 11 is 8.82. The number of aromatic amines is 1. The van der Waals surface area contributed by atoms with E-state index in [1.54, 1.807) is 6.07 Å². The number of anilines is 1. The van der Waals surface area contributed by atoms with Gasteiger partial charge < -0.3 is 19.7 Å². The van der Waals surface area contributed by atoms with Crippen LogP contribution in [0.15, 0.2) is 46.9 Å². The molecular weight excluding hydrogens is 648 g/mol. The molecule has 0 bridgehead atoms. The lowest BCUT2D eigenvalue weighted by molar-refractivity contribution is -0.117. The highest BCUT2D eigenvalue weighted by molar-refractivity contribution is 7.98. The van der Waals surface area contributed by atoms with E-state index < -0.39 is 5.97 Å². The van der Waals surface area contributed by atoms with E-state index in [9.17, 15) is 14.7 Å². The number of rotatable bonds is 12. The zero-order chi connectivity index (χ0) is 32.0. The molecule has 244 valence electrons. The number of amides is 1. The summed E-state index contributed by atoms with van der Waals surface area (Å²) in [6.45, 7) is 8.82. The number of nitrogens with zero attached hydrogens (tertiary/aromatic N) is 5. The summed E-state index contributed by atoms with van der Waals surface area (Å²) in [6, 6.07) is 11.3. The number of carboxylic acids is 1. The van der Waals surface area contributed by atoms with E-state index in [0.29, 0.717) is 44.5 Å². The Balaban J connectivity index is 0.880. The minimum absolute atomic E-state index is 0.0697. The Kier molecular flexibility index (Phi) is 10.7. The standard InChI is InChI=1S/C31H37ClN8O4S2/c32-26-16-27-24(25(17-34-27)29(42)43)15-23(26)21-1-3-22(4-2-21)44-14-13-38-7-5-20(6-8-38)18-39-9-11-40(12-10-39)19-28(41)35-30-36-37-31(45-30)46-33/h1-4,15-17,20,34H,5-14,18-19,33H2,(H,42,43)(H,35,36,41). The molecular formula is C31H37ClN8O4S2. The number of benzene rings is 2. The number of halogens is 1. The largest absolute Gasteiger partial charge is 0.492 e. The number of piperazine rings is 1. The van der Waals surface area contributed by atoms with Gasteiger partial charge in [-0.1, -0.05) is 35.1 Å². The number of nitrogens with one attached hydrogen (secondary N) is 2. The molecule has 12 nitrogen and oxygen atoms in total. The molecule has 2 aromatic heterocycles. The number of likely N-dealkylation sites (tertiary alicyclic amines) is 1. The third-order valence-electron chi connectivity index (χ3n) is 8.65. The van der Waals surface area contributed by atoms with Gasteiger partial charge in [-0.05, 0) is 73.6 Å². The van der Waals surface area contributed by atoms with E-state index in [1.165, 1.54) is 30.4 Å². The fraction of sp³-hybridized carbons (Fsp3) is 0.419. The van der Waals surface area contributed by atoms with E-state index in [1.807, 2.05) is 30.3 Å². The smallest absolute Gasteiger partial charge is 0.337 e. The fourth-order valence-electron chi connectivity index (χ4n) is 6.12. The average Bonchev–Trinajstić information content (AvgIpc) is 3.69. The third kappa shape index (κ3) is 8.18. The molecule has 0 unspecified atom stereocenters. The summed E-state index contributed by atoms with van der Waals surface area (Å²) in [6.07, 6.45) is 3.85. The number of ether oxygens (including phenoxy) is 1. The summed E-state index contributed by atoms with van der Waals surface area (Å²) in [5.74, 6) is 0.435. The normalized spacial score (nSPS) is 17.0. The molecule has 2 aliphatic rings. The summed E-state index contributed by atoms with van der Waals surface area (Å²) in [7, 11) is 0. The predicted octanol–water partition coefficient (Wildman–Crippen LogP) is 4.35. The van der Waals surface area contributed by atoms with E-state index in [-0.39, 0.29) is 11.5 Å². The van der Waals surface area contributed by atoms with Gasteiger partial charge in [0, 0.05) is 61.9 Å². The Morgan fingerprint density at radius 3 is 2.50 bits per heavy atom. The lowest BCUT2D eigenvalue weighted by Crippen LogP contribution is -2.50. The number of carbonyl (C=O) groups is 2. The lowest BCUT2D eigenvalue weighted by Gasteiger charge is -2.38. The van der Waals surface area contributed by atoms with Gasteiger partial charge in [-0.25, -0.2) is 4.79 Å².